The maximum absolute atomic E-state index is 10.0. The molecule has 0 heterocycles. The lowest BCUT2D eigenvalue weighted by atomic mass is 9.92. The summed E-state index contributed by atoms with van der Waals surface area (Å²) in [6.07, 6.45) is 4.03. The minimum absolute atomic E-state index is 0.222. The summed E-state index contributed by atoms with van der Waals surface area (Å²) in [4.78, 5) is 2.17. The lowest BCUT2D eigenvalue weighted by molar-refractivity contribution is 0.0272. The van der Waals surface area contributed by atoms with Crippen LogP contribution in [0.2, 0.25) is 0 Å². The van der Waals surface area contributed by atoms with Crippen LogP contribution in [-0.4, -0.2) is 42.4 Å². The van der Waals surface area contributed by atoms with Gasteiger partial charge in [-0.3, -0.25) is 4.90 Å². The topological polar surface area (TPSA) is 56.5 Å². The summed E-state index contributed by atoms with van der Waals surface area (Å²) in [5.74, 6) is 0.632. The first-order valence-corrected chi connectivity index (χ1v) is 7.22. The second-order valence-electron chi connectivity index (χ2n) is 5.36. The molecule has 1 aliphatic carbocycles. The second kappa shape index (κ2) is 7.28. The minimum Gasteiger partial charge on any atom is -0.491 e. The number of nitrogens with zero attached hydrogens (tertiary/aromatic N) is 2. The van der Waals surface area contributed by atoms with E-state index in [1.165, 1.54) is 6.42 Å². The SMILES string of the molecule is CN(CCOc1ccccc1C#N)C1CCCCC1O. The van der Waals surface area contributed by atoms with Crippen LogP contribution in [0.15, 0.2) is 24.3 Å². The fraction of sp³-hybridized carbons (Fsp3) is 0.562. The van der Waals surface area contributed by atoms with E-state index in [1.54, 1.807) is 6.07 Å². The van der Waals surface area contributed by atoms with Gasteiger partial charge in [-0.2, -0.15) is 5.26 Å². The molecule has 1 N–H and O–H groups in total. The maximum Gasteiger partial charge on any atom is 0.137 e. The molecule has 2 rings (SSSR count). The molecule has 1 aromatic rings. The molecular formula is C16H22N2O2. The Morgan fingerprint density at radius 2 is 2.10 bits per heavy atom. The number of ether oxygens (including phenoxy) is 1. The molecule has 2 atom stereocenters. The Kier molecular flexibility index (Phi) is 5.40. The van der Waals surface area contributed by atoms with Crippen LogP contribution >= 0.6 is 0 Å². The van der Waals surface area contributed by atoms with Crippen LogP contribution in [0.25, 0.3) is 0 Å². The summed E-state index contributed by atoms with van der Waals surface area (Å²) >= 11 is 0. The molecule has 20 heavy (non-hydrogen) atoms. The van der Waals surface area contributed by atoms with E-state index < -0.39 is 0 Å². The van der Waals surface area contributed by atoms with Gasteiger partial charge in [-0.15, -0.1) is 0 Å². The third kappa shape index (κ3) is 3.72. The lowest BCUT2D eigenvalue weighted by Gasteiger charge is -2.35. The summed E-state index contributed by atoms with van der Waals surface area (Å²) in [5, 5.41) is 19.0. The van der Waals surface area contributed by atoms with Crippen LogP contribution in [0.5, 0.6) is 5.75 Å². The Morgan fingerprint density at radius 1 is 1.35 bits per heavy atom. The highest BCUT2D eigenvalue weighted by atomic mass is 16.5. The molecule has 4 nitrogen and oxygen atoms in total. The summed E-state index contributed by atoms with van der Waals surface area (Å²) in [6, 6.07) is 9.62. The van der Waals surface area contributed by atoms with E-state index in [2.05, 4.69) is 11.0 Å². The van der Waals surface area contributed by atoms with E-state index in [0.29, 0.717) is 17.9 Å². The van der Waals surface area contributed by atoms with Crippen molar-refractivity contribution in [1.29, 1.82) is 5.26 Å². The molecule has 108 valence electrons. The van der Waals surface area contributed by atoms with Crippen molar-refractivity contribution in [3.8, 4) is 11.8 Å². The number of nitriles is 1. The standard InChI is InChI=1S/C16H22N2O2/c1-18(14-7-3-4-8-15(14)19)10-11-20-16-9-5-2-6-13(16)12-17/h2,5-6,9,14-15,19H,3-4,7-8,10-11H2,1H3. The van der Waals surface area contributed by atoms with Crippen molar-refractivity contribution >= 4 is 0 Å². The molecule has 1 fully saturated rings. The van der Waals surface area contributed by atoms with E-state index in [4.69, 9.17) is 10.00 Å². The molecule has 1 aromatic carbocycles. The zero-order chi connectivity index (χ0) is 14.4. The van der Waals surface area contributed by atoms with Gasteiger partial charge in [-0.05, 0) is 32.0 Å². The summed E-state index contributed by atoms with van der Waals surface area (Å²) < 4.78 is 5.68. The highest BCUT2D eigenvalue weighted by Gasteiger charge is 2.26. The summed E-state index contributed by atoms with van der Waals surface area (Å²) in [6.45, 7) is 1.28. The summed E-state index contributed by atoms with van der Waals surface area (Å²) in [5.41, 5.74) is 0.563. The molecule has 0 aliphatic heterocycles. The Morgan fingerprint density at radius 3 is 2.85 bits per heavy atom. The molecule has 0 bridgehead atoms. The average molecular weight is 274 g/mol. The van der Waals surface area contributed by atoms with Crippen molar-refractivity contribution in [3.05, 3.63) is 29.8 Å². The van der Waals surface area contributed by atoms with E-state index in [9.17, 15) is 5.11 Å². The zero-order valence-corrected chi connectivity index (χ0v) is 12.0. The number of aliphatic hydroxyl groups is 1. The van der Waals surface area contributed by atoms with Gasteiger partial charge in [0.25, 0.3) is 0 Å². The number of benzene rings is 1. The van der Waals surface area contributed by atoms with Crippen LogP contribution in [0.3, 0.4) is 0 Å². The minimum atomic E-state index is -0.222. The molecule has 0 spiro atoms. The van der Waals surface area contributed by atoms with Crippen molar-refractivity contribution in [2.24, 2.45) is 0 Å². The van der Waals surface area contributed by atoms with Gasteiger partial charge in [0.2, 0.25) is 0 Å². The third-order valence-electron chi connectivity index (χ3n) is 3.97. The lowest BCUT2D eigenvalue weighted by Crippen LogP contribution is -2.44. The van der Waals surface area contributed by atoms with Gasteiger partial charge < -0.3 is 9.84 Å². The summed E-state index contributed by atoms with van der Waals surface area (Å²) in [7, 11) is 2.03. The Labute approximate surface area is 120 Å². The first-order chi connectivity index (χ1) is 9.72. The highest BCUT2D eigenvalue weighted by molar-refractivity contribution is 5.42. The number of likely N-dealkylation sites (N-methyl/N-ethyl adjacent to an activating group) is 1. The van der Waals surface area contributed by atoms with Crippen molar-refractivity contribution in [3.63, 3.8) is 0 Å². The fourth-order valence-electron chi connectivity index (χ4n) is 2.76. The molecule has 1 aliphatic rings. The number of hydrogen-bond donors (Lipinski definition) is 1. The van der Waals surface area contributed by atoms with E-state index in [1.807, 2.05) is 25.2 Å². The van der Waals surface area contributed by atoms with Crippen LogP contribution in [0.1, 0.15) is 31.2 Å². The largest absolute Gasteiger partial charge is 0.491 e. The fourth-order valence-corrected chi connectivity index (χ4v) is 2.76. The molecule has 0 saturated heterocycles. The predicted molar refractivity (Wildman–Crippen MR) is 77.5 cm³/mol. The van der Waals surface area contributed by atoms with Crippen LogP contribution in [0.4, 0.5) is 0 Å². The predicted octanol–water partition coefficient (Wildman–Crippen LogP) is 2.17. The third-order valence-corrected chi connectivity index (χ3v) is 3.97. The quantitative estimate of drug-likeness (QED) is 0.894. The zero-order valence-electron chi connectivity index (χ0n) is 12.0. The van der Waals surface area contributed by atoms with Gasteiger partial charge in [-0.1, -0.05) is 25.0 Å². The van der Waals surface area contributed by atoms with Gasteiger partial charge in [0, 0.05) is 12.6 Å². The van der Waals surface area contributed by atoms with Crippen molar-refractivity contribution in [1.82, 2.24) is 4.90 Å². The van der Waals surface area contributed by atoms with Gasteiger partial charge in [-0.25, -0.2) is 0 Å². The first-order valence-electron chi connectivity index (χ1n) is 7.22. The van der Waals surface area contributed by atoms with Gasteiger partial charge in [0.05, 0.1) is 11.7 Å². The Balaban J connectivity index is 1.82. The smallest absolute Gasteiger partial charge is 0.137 e. The van der Waals surface area contributed by atoms with Gasteiger partial charge in [0.1, 0.15) is 18.4 Å². The number of rotatable bonds is 5. The second-order valence-corrected chi connectivity index (χ2v) is 5.36. The highest BCUT2D eigenvalue weighted by Crippen LogP contribution is 2.22. The molecule has 0 amide bonds. The molecule has 0 aromatic heterocycles. The number of para-hydroxylation sites is 1. The van der Waals surface area contributed by atoms with E-state index in [0.717, 1.165) is 25.8 Å². The maximum atomic E-state index is 10.0. The van der Waals surface area contributed by atoms with E-state index >= 15 is 0 Å². The van der Waals surface area contributed by atoms with Crippen molar-refractivity contribution in [2.45, 2.75) is 37.8 Å². The van der Waals surface area contributed by atoms with Gasteiger partial charge >= 0.3 is 0 Å². The van der Waals surface area contributed by atoms with Crippen LogP contribution < -0.4 is 4.74 Å². The van der Waals surface area contributed by atoms with Crippen LogP contribution in [0, 0.1) is 11.3 Å². The molecule has 0 radical (unpaired) electrons. The average Bonchev–Trinajstić information content (AvgIpc) is 2.48. The van der Waals surface area contributed by atoms with Gasteiger partial charge in [0.15, 0.2) is 0 Å². The van der Waals surface area contributed by atoms with Crippen molar-refractivity contribution < 1.29 is 9.84 Å². The molecule has 1 saturated carbocycles. The van der Waals surface area contributed by atoms with Crippen LogP contribution in [-0.2, 0) is 0 Å². The van der Waals surface area contributed by atoms with Crippen molar-refractivity contribution in [2.75, 3.05) is 20.2 Å². The van der Waals surface area contributed by atoms with E-state index in [-0.39, 0.29) is 12.1 Å². The molecular weight excluding hydrogens is 252 g/mol. The normalized spacial score (nSPS) is 22.5. The number of aliphatic hydroxyl groups excluding tert-OH is 1. The molecule has 4 heteroatoms. The molecule has 2 unspecified atom stereocenters. The number of hydrogen-bond acceptors (Lipinski definition) is 4. The monoisotopic (exact) mass is 274 g/mol. The Hall–Kier alpha value is -1.57. The first kappa shape index (κ1) is 14.8. The Bertz CT molecular complexity index is 470.